The number of nitrogens with one attached hydrogen (secondary N) is 1. The highest BCUT2D eigenvalue weighted by molar-refractivity contribution is 5.50. The average Bonchev–Trinajstić information content (AvgIpc) is 2.59. The first kappa shape index (κ1) is 15.3. The lowest BCUT2D eigenvalue weighted by atomic mass is 10.2. The second kappa shape index (κ2) is 7.06. The molecule has 2 heterocycles. The number of aromatic nitrogens is 2. The average molecular weight is 281 g/mol. The van der Waals surface area contributed by atoms with Crippen LogP contribution in [0.3, 0.4) is 0 Å². The second-order valence-electron chi connectivity index (χ2n) is 5.45. The van der Waals surface area contributed by atoms with Crippen LogP contribution >= 0.6 is 0 Å². The van der Waals surface area contributed by atoms with Crippen LogP contribution in [0.25, 0.3) is 0 Å². The van der Waals surface area contributed by atoms with Crippen LogP contribution in [-0.4, -0.2) is 66.2 Å². The molecule has 0 bridgehead atoms. The van der Waals surface area contributed by atoms with Crippen molar-refractivity contribution in [3.05, 3.63) is 11.3 Å². The molecule has 1 aliphatic heterocycles. The molecule has 0 atom stereocenters. The molecule has 114 valence electrons. The largest absolute Gasteiger partial charge is 0.395 e. The number of rotatable bonds is 5. The number of aliphatic hydroxyl groups excluding tert-OH is 1. The summed E-state index contributed by atoms with van der Waals surface area (Å²) in [5, 5.41) is 16.9. The van der Waals surface area contributed by atoms with Crippen molar-refractivity contribution in [2.45, 2.75) is 19.9 Å². The lowest BCUT2D eigenvalue weighted by molar-refractivity contribution is 0.204. The Labute approximate surface area is 121 Å². The minimum absolute atomic E-state index is 0.246. The first-order chi connectivity index (χ1) is 9.67. The van der Waals surface area contributed by atoms with E-state index in [-0.39, 0.29) is 6.61 Å². The van der Waals surface area contributed by atoms with Gasteiger partial charge in [-0.15, -0.1) is 0 Å². The van der Waals surface area contributed by atoms with Gasteiger partial charge in [0.15, 0.2) is 0 Å². The van der Waals surface area contributed by atoms with Gasteiger partial charge in [-0.05, 0) is 26.9 Å². The zero-order valence-electron chi connectivity index (χ0n) is 12.9. The summed E-state index contributed by atoms with van der Waals surface area (Å²) in [7, 11) is 4.00. The molecule has 1 aromatic rings. The van der Waals surface area contributed by atoms with E-state index in [9.17, 15) is 0 Å². The summed E-state index contributed by atoms with van der Waals surface area (Å²) in [6.45, 7) is 8.07. The molecular formula is C14H27N5O. The van der Waals surface area contributed by atoms with Gasteiger partial charge in [0.2, 0.25) is 0 Å². The molecule has 0 aliphatic carbocycles. The van der Waals surface area contributed by atoms with Crippen molar-refractivity contribution in [1.82, 2.24) is 20.0 Å². The molecule has 6 nitrogen and oxygen atoms in total. The lowest BCUT2D eigenvalue weighted by Gasteiger charge is -2.24. The molecule has 1 fully saturated rings. The van der Waals surface area contributed by atoms with E-state index in [4.69, 9.17) is 5.11 Å². The van der Waals surface area contributed by atoms with Crippen LogP contribution in [0, 0.1) is 6.92 Å². The fourth-order valence-electron chi connectivity index (χ4n) is 3.02. The van der Waals surface area contributed by atoms with Crippen molar-refractivity contribution >= 4 is 5.82 Å². The van der Waals surface area contributed by atoms with Gasteiger partial charge in [0, 0.05) is 45.3 Å². The maximum absolute atomic E-state index is 9.08. The summed E-state index contributed by atoms with van der Waals surface area (Å²) in [5.41, 5.74) is 2.40. The highest BCUT2D eigenvalue weighted by Gasteiger charge is 2.21. The van der Waals surface area contributed by atoms with Crippen molar-refractivity contribution < 1.29 is 5.11 Å². The van der Waals surface area contributed by atoms with E-state index in [0.29, 0.717) is 0 Å². The van der Waals surface area contributed by atoms with Gasteiger partial charge in [0.05, 0.1) is 12.3 Å². The number of hydrogen-bond acceptors (Lipinski definition) is 5. The topological polar surface area (TPSA) is 56.6 Å². The summed E-state index contributed by atoms with van der Waals surface area (Å²) >= 11 is 0. The van der Waals surface area contributed by atoms with Crippen molar-refractivity contribution in [3.63, 3.8) is 0 Å². The highest BCUT2D eigenvalue weighted by atomic mass is 16.3. The van der Waals surface area contributed by atoms with Crippen molar-refractivity contribution in [2.75, 3.05) is 51.3 Å². The van der Waals surface area contributed by atoms with Crippen LogP contribution in [0.2, 0.25) is 0 Å². The standard InChI is InChI=1S/C14H27N5O/c1-12-13(11-15-2)14(17(3)16-12)19-6-4-5-18(7-8-19)9-10-20/h15,20H,4-11H2,1-3H3. The van der Waals surface area contributed by atoms with E-state index in [2.05, 4.69) is 27.1 Å². The van der Waals surface area contributed by atoms with E-state index in [1.54, 1.807) is 0 Å². The quantitative estimate of drug-likeness (QED) is 0.793. The molecule has 2 rings (SSSR count). The molecule has 0 spiro atoms. The number of aliphatic hydroxyl groups is 1. The van der Waals surface area contributed by atoms with Gasteiger partial charge >= 0.3 is 0 Å². The van der Waals surface area contributed by atoms with Gasteiger partial charge in [-0.2, -0.15) is 5.10 Å². The number of hydrogen-bond donors (Lipinski definition) is 2. The molecular weight excluding hydrogens is 254 g/mol. The molecule has 1 saturated heterocycles. The van der Waals surface area contributed by atoms with E-state index in [1.807, 2.05) is 18.8 Å². The van der Waals surface area contributed by atoms with Crippen LogP contribution < -0.4 is 10.2 Å². The fraction of sp³-hybridized carbons (Fsp3) is 0.786. The lowest BCUT2D eigenvalue weighted by Crippen LogP contribution is -2.33. The molecule has 0 radical (unpaired) electrons. The minimum atomic E-state index is 0.246. The van der Waals surface area contributed by atoms with Gasteiger partial charge in [0.1, 0.15) is 5.82 Å². The molecule has 0 saturated carbocycles. The maximum Gasteiger partial charge on any atom is 0.131 e. The SMILES string of the molecule is CNCc1c(C)nn(C)c1N1CCCN(CCO)CC1. The Morgan fingerprint density at radius 2 is 2.05 bits per heavy atom. The zero-order valence-corrected chi connectivity index (χ0v) is 12.9. The minimum Gasteiger partial charge on any atom is -0.395 e. The predicted octanol–water partition coefficient (Wildman–Crippen LogP) is -0.0477. The van der Waals surface area contributed by atoms with Gasteiger partial charge in [-0.1, -0.05) is 0 Å². The monoisotopic (exact) mass is 281 g/mol. The normalized spacial score (nSPS) is 17.5. The number of β-amino-alcohol motifs (C(OH)–C–C–N with tert-alkyl or cyclic N) is 1. The van der Waals surface area contributed by atoms with Gasteiger partial charge < -0.3 is 15.3 Å². The van der Waals surface area contributed by atoms with E-state index >= 15 is 0 Å². The third-order valence-electron chi connectivity index (χ3n) is 3.97. The summed E-state index contributed by atoms with van der Waals surface area (Å²) in [6, 6.07) is 0. The first-order valence-corrected chi connectivity index (χ1v) is 7.42. The Balaban J connectivity index is 2.15. The van der Waals surface area contributed by atoms with E-state index < -0.39 is 0 Å². The maximum atomic E-state index is 9.08. The Bertz CT molecular complexity index is 431. The molecule has 0 aromatic carbocycles. The van der Waals surface area contributed by atoms with Crippen LogP contribution in [0.1, 0.15) is 17.7 Å². The predicted molar refractivity (Wildman–Crippen MR) is 81.1 cm³/mol. The van der Waals surface area contributed by atoms with Crippen molar-refractivity contribution in [3.8, 4) is 0 Å². The zero-order chi connectivity index (χ0) is 14.5. The van der Waals surface area contributed by atoms with Crippen LogP contribution in [-0.2, 0) is 13.6 Å². The summed E-state index contributed by atoms with van der Waals surface area (Å²) in [5.74, 6) is 1.24. The first-order valence-electron chi connectivity index (χ1n) is 7.42. The molecule has 1 aliphatic rings. The Kier molecular flexibility index (Phi) is 5.39. The third kappa shape index (κ3) is 3.31. The molecule has 2 N–H and O–H groups in total. The van der Waals surface area contributed by atoms with Gasteiger partial charge in [0.25, 0.3) is 0 Å². The van der Waals surface area contributed by atoms with E-state index in [1.165, 1.54) is 11.4 Å². The molecule has 20 heavy (non-hydrogen) atoms. The second-order valence-corrected chi connectivity index (χ2v) is 5.45. The Morgan fingerprint density at radius 3 is 2.75 bits per heavy atom. The van der Waals surface area contributed by atoms with Crippen LogP contribution in [0.15, 0.2) is 0 Å². The number of aryl methyl sites for hydroxylation is 2. The highest BCUT2D eigenvalue weighted by Crippen LogP contribution is 2.24. The number of nitrogens with zero attached hydrogens (tertiary/aromatic N) is 4. The van der Waals surface area contributed by atoms with Crippen LogP contribution in [0.5, 0.6) is 0 Å². The Morgan fingerprint density at radius 1 is 1.25 bits per heavy atom. The third-order valence-corrected chi connectivity index (χ3v) is 3.97. The number of anilines is 1. The van der Waals surface area contributed by atoms with Gasteiger partial charge in [-0.25, -0.2) is 0 Å². The Hall–Kier alpha value is -1.11. The molecule has 1 aromatic heterocycles. The molecule has 0 amide bonds. The summed E-state index contributed by atoms with van der Waals surface area (Å²) in [6.07, 6.45) is 1.13. The van der Waals surface area contributed by atoms with Crippen molar-refractivity contribution in [2.24, 2.45) is 7.05 Å². The van der Waals surface area contributed by atoms with E-state index in [0.717, 1.165) is 51.4 Å². The summed E-state index contributed by atoms with van der Waals surface area (Å²) in [4.78, 5) is 4.77. The summed E-state index contributed by atoms with van der Waals surface area (Å²) < 4.78 is 2.00. The molecule has 0 unspecified atom stereocenters. The van der Waals surface area contributed by atoms with Gasteiger partial charge in [-0.3, -0.25) is 9.58 Å². The van der Waals surface area contributed by atoms with Crippen LogP contribution in [0.4, 0.5) is 5.82 Å². The smallest absolute Gasteiger partial charge is 0.131 e. The van der Waals surface area contributed by atoms with Crippen molar-refractivity contribution in [1.29, 1.82) is 0 Å². The molecule has 6 heteroatoms. The fourth-order valence-corrected chi connectivity index (χ4v) is 3.02.